The second-order valence-electron chi connectivity index (χ2n) is 4.84. The van der Waals surface area contributed by atoms with Gasteiger partial charge in [0.15, 0.2) is 0 Å². The zero-order valence-corrected chi connectivity index (χ0v) is 14.3. The number of hydrazine groups is 1. The van der Waals surface area contributed by atoms with Crippen LogP contribution in [0.3, 0.4) is 0 Å². The molecule has 3 rings (SSSR count). The topological polar surface area (TPSA) is 6.48 Å². The van der Waals surface area contributed by atoms with Crippen molar-refractivity contribution in [2.45, 2.75) is 18.5 Å². The van der Waals surface area contributed by atoms with Crippen molar-refractivity contribution in [1.82, 2.24) is 10.0 Å². The molecule has 0 N–H and O–H groups in total. The Bertz CT molecular complexity index is 500. The van der Waals surface area contributed by atoms with Gasteiger partial charge in [-0.2, -0.15) is 0 Å². The van der Waals surface area contributed by atoms with Crippen molar-refractivity contribution >= 4 is 35.3 Å². The van der Waals surface area contributed by atoms with E-state index in [1.807, 2.05) is 11.3 Å². The van der Waals surface area contributed by atoms with Crippen LogP contribution >= 0.6 is 35.3 Å². The van der Waals surface area contributed by atoms with Crippen molar-refractivity contribution in [2.24, 2.45) is 0 Å². The van der Waals surface area contributed by atoms with E-state index in [0.29, 0.717) is 12.1 Å². The number of hydrogen-bond acceptors (Lipinski definition) is 3. The molecule has 2 heterocycles. The van der Waals surface area contributed by atoms with E-state index in [4.69, 9.17) is 0 Å². The van der Waals surface area contributed by atoms with Crippen LogP contribution in [0.5, 0.6) is 0 Å². The lowest BCUT2D eigenvalue weighted by Gasteiger charge is -2.27. The summed E-state index contributed by atoms with van der Waals surface area (Å²) in [5, 5.41) is 6.89. The minimum absolute atomic E-state index is 0. The van der Waals surface area contributed by atoms with Gasteiger partial charge in [0.05, 0.1) is 12.1 Å². The lowest BCUT2D eigenvalue weighted by atomic mass is 10.0. The minimum atomic E-state index is 0. The molecule has 1 aromatic carbocycles. The van der Waals surface area contributed by atoms with Crippen LogP contribution in [0.2, 0.25) is 0 Å². The van der Waals surface area contributed by atoms with Crippen LogP contribution < -0.4 is 0 Å². The van der Waals surface area contributed by atoms with Crippen LogP contribution in [0.15, 0.2) is 47.8 Å². The Labute approximate surface area is 136 Å². The predicted octanol–water partition coefficient (Wildman–Crippen LogP) is 4.33. The molecule has 1 aliphatic heterocycles. The number of hydrogen-bond donors (Lipinski definition) is 0. The fraction of sp³-hybridized carbons (Fsp3) is 0.333. The van der Waals surface area contributed by atoms with Crippen LogP contribution in [-0.4, -0.2) is 24.1 Å². The Balaban J connectivity index is 0.00000133. The summed E-state index contributed by atoms with van der Waals surface area (Å²) in [5.41, 5.74) is 1.41. The largest absolute Gasteiger partial charge is 0.237 e. The highest BCUT2D eigenvalue weighted by Gasteiger charge is 2.36. The van der Waals surface area contributed by atoms with Gasteiger partial charge in [-0.25, -0.2) is 10.0 Å². The number of thiophene rings is 1. The van der Waals surface area contributed by atoms with E-state index in [1.54, 1.807) is 0 Å². The van der Waals surface area contributed by atoms with Crippen LogP contribution in [0.4, 0.5) is 0 Å². The van der Waals surface area contributed by atoms with E-state index in [-0.39, 0.29) is 24.0 Å². The molecule has 1 aromatic heterocycles. The van der Waals surface area contributed by atoms with Crippen molar-refractivity contribution in [3.8, 4) is 0 Å². The molecule has 2 nitrogen and oxygen atoms in total. The number of nitrogens with zero attached hydrogens (tertiary/aromatic N) is 2. The Morgan fingerprint density at radius 2 is 1.63 bits per heavy atom. The van der Waals surface area contributed by atoms with Gasteiger partial charge in [-0.15, -0.1) is 35.3 Å². The van der Waals surface area contributed by atoms with Crippen molar-refractivity contribution < 1.29 is 0 Å². The Kier molecular flexibility index (Phi) is 5.00. The third-order valence-corrected chi connectivity index (χ3v) is 4.88. The zero-order chi connectivity index (χ0) is 12.5. The van der Waals surface area contributed by atoms with E-state index in [9.17, 15) is 0 Å². The average molecular weight is 386 g/mol. The summed E-state index contributed by atoms with van der Waals surface area (Å²) in [6, 6.07) is 16.2. The molecule has 4 heteroatoms. The molecule has 0 amide bonds. The quantitative estimate of drug-likeness (QED) is 0.709. The van der Waals surface area contributed by atoms with Gasteiger partial charge in [0, 0.05) is 19.0 Å². The van der Waals surface area contributed by atoms with Crippen molar-refractivity contribution in [1.29, 1.82) is 0 Å². The molecule has 1 saturated heterocycles. The van der Waals surface area contributed by atoms with Gasteiger partial charge in [0.2, 0.25) is 0 Å². The highest BCUT2D eigenvalue weighted by atomic mass is 127. The van der Waals surface area contributed by atoms with E-state index in [1.165, 1.54) is 10.4 Å². The lowest BCUT2D eigenvalue weighted by Crippen LogP contribution is -2.32. The molecule has 0 bridgehead atoms. The van der Waals surface area contributed by atoms with E-state index >= 15 is 0 Å². The molecule has 0 saturated carbocycles. The molecule has 1 fully saturated rings. The summed E-state index contributed by atoms with van der Waals surface area (Å²) < 4.78 is 0. The Morgan fingerprint density at radius 1 is 0.947 bits per heavy atom. The van der Waals surface area contributed by atoms with Crippen LogP contribution in [0.25, 0.3) is 0 Å². The summed E-state index contributed by atoms with van der Waals surface area (Å²) in [6.45, 7) is 0. The van der Waals surface area contributed by atoms with Crippen LogP contribution in [0.1, 0.15) is 28.9 Å². The second-order valence-corrected chi connectivity index (χ2v) is 5.82. The molecule has 0 radical (unpaired) electrons. The number of rotatable bonds is 2. The molecule has 1 aliphatic rings. The summed E-state index contributed by atoms with van der Waals surface area (Å²) in [5.74, 6) is 0. The van der Waals surface area contributed by atoms with Gasteiger partial charge < -0.3 is 0 Å². The minimum Gasteiger partial charge on any atom is -0.237 e. The highest BCUT2D eigenvalue weighted by molar-refractivity contribution is 14.0. The maximum absolute atomic E-state index is 2.36. The van der Waals surface area contributed by atoms with Gasteiger partial charge in [0.1, 0.15) is 0 Å². The van der Waals surface area contributed by atoms with Gasteiger partial charge in [0.25, 0.3) is 0 Å². The first kappa shape index (κ1) is 15.0. The second kappa shape index (κ2) is 6.35. The smallest absolute Gasteiger partial charge is 0.0604 e. The summed E-state index contributed by atoms with van der Waals surface area (Å²) in [7, 11) is 4.37. The normalized spacial score (nSPS) is 24.3. The molecule has 0 aliphatic carbocycles. The Morgan fingerprint density at radius 3 is 2.26 bits per heavy atom. The van der Waals surface area contributed by atoms with Crippen molar-refractivity contribution in [2.75, 3.05) is 14.1 Å². The first-order valence-corrected chi connectivity index (χ1v) is 7.19. The van der Waals surface area contributed by atoms with Crippen LogP contribution in [0, 0.1) is 0 Å². The maximum Gasteiger partial charge on any atom is 0.0604 e. The third-order valence-electron chi connectivity index (χ3n) is 3.90. The van der Waals surface area contributed by atoms with Gasteiger partial charge >= 0.3 is 0 Å². The standard InChI is InChI=1S/C15H18N2S.HI/c1-16-13(12-7-4-3-5-8-12)11-14(17(16)2)15-9-6-10-18-15;/h3-10,13-14H,11H2,1-2H3;1H. The third kappa shape index (κ3) is 2.86. The SMILES string of the molecule is CN1C(c2ccccc2)CC(c2cccs2)N1C.I. The van der Waals surface area contributed by atoms with Crippen molar-refractivity contribution in [3.63, 3.8) is 0 Å². The van der Waals surface area contributed by atoms with Crippen molar-refractivity contribution in [3.05, 3.63) is 58.3 Å². The Hall–Kier alpha value is -0.430. The monoisotopic (exact) mass is 386 g/mol. The zero-order valence-electron chi connectivity index (χ0n) is 11.2. The number of benzene rings is 1. The van der Waals surface area contributed by atoms with Gasteiger partial charge in [-0.3, -0.25) is 0 Å². The van der Waals surface area contributed by atoms with Crippen LogP contribution in [-0.2, 0) is 0 Å². The lowest BCUT2D eigenvalue weighted by molar-refractivity contribution is 0.0261. The summed E-state index contributed by atoms with van der Waals surface area (Å²) >= 11 is 1.85. The summed E-state index contributed by atoms with van der Waals surface area (Å²) in [4.78, 5) is 1.46. The molecule has 2 aromatic rings. The first-order valence-electron chi connectivity index (χ1n) is 6.31. The molecular formula is C15H19IN2S. The number of halogens is 1. The molecule has 19 heavy (non-hydrogen) atoms. The fourth-order valence-electron chi connectivity index (χ4n) is 2.76. The summed E-state index contributed by atoms with van der Waals surface area (Å²) in [6.07, 6.45) is 1.16. The molecule has 0 spiro atoms. The molecule has 2 atom stereocenters. The van der Waals surface area contributed by atoms with E-state index in [0.717, 1.165) is 6.42 Å². The molecule has 2 unspecified atom stereocenters. The van der Waals surface area contributed by atoms with E-state index < -0.39 is 0 Å². The first-order chi connectivity index (χ1) is 8.77. The highest BCUT2D eigenvalue weighted by Crippen LogP contribution is 2.42. The molecular weight excluding hydrogens is 367 g/mol. The molecule has 102 valence electrons. The van der Waals surface area contributed by atoms with Gasteiger partial charge in [-0.1, -0.05) is 36.4 Å². The van der Waals surface area contributed by atoms with Gasteiger partial charge in [-0.05, 0) is 23.4 Å². The fourth-order valence-corrected chi connectivity index (χ4v) is 3.64. The van der Waals surface area contributed by atoms with E-state index in [2.05, 4.69) is 72.0 Å². The maximum atomic E-state index is 2.36. The average Bonchev–Trinajstić information content (AvgIpc) is 3.01. The predicted molar refractivity (Wildman–Crippen MR) is 91.8 cm³/mol.